The molecule has 3 aliphatic heterocycles. The van der Waals surface area contributed by atoms with Crippen LogP contribution in [0.5, 0.6) is 0 Å². The number of rotatable bonds is 10. The second-order valence-electron chi connectivity index (χ2n) is 16.5. The number of halogens is 2. The Labute approximate surface area is 336 Å². The molecule has 3 saturated heterocycles. The Morgan fingerprint density at radius 2 is 1.60 bits per heavy atom. The number of ether oxygens (including phenoxy) is 1. The van der Waals surface area contributed by atoms with E-state index in [0.717, 1.165) is 37.2 Å². The molecule has 0 saturated carbocycles. The highest BCUT2D eigenvalue weighted by atomic mass is 19.1. The molecule has 0 bridgehead atoms. The summed E-state index contributed by atoms with van der Waals surface area (Å²) in [7, 11) is 0. The monoisotopic (exact) mass is 790 g/mol. The quantitative estimate of drug-likeness (QED) is 0.134. The van der Waals surface area contributed by atoms with Crippen LogP contribution in [0.3, 0.4) is 0 Å². The number of nitrogens with one attached hydrogen (secondary N) is 3. The van der Waals surface area contributed by atoms with E-state index >= 15 is 8.78 Å². The highest BCUT2D eigenvalue weighted by molar-refractivity contribution is 6.01. The largest absolute Gasteiger partial charge is 0.374 e. The fraction of sp³-hybridized carbons (Fsp3) is 0.386. The molecular weight excluding hydrogens is 743 g/mol. The molecule has 3 N–H and O–H groups in total. The van der Waals surface area contributed by atoms with Crippen LogP contribution in [0.15, 0.2) is 79.3 Å². The van der Waals surface area contributed by atoms with Gasteiger partial charge in [-0.25, -0.2) is 23.1 Å². The van der Waals surface area contributed by atoms with E-state index in [9.17, 15) is 14.4 Å². The van der Waals surface area contributed by atoms with Crippen molar-refractivity contribution < 1.29 is 27.9 Å². The van der Waals surface area contributed by atoms with Crippen LogP contribution < -0.4 is 16.0 Å². The van der Waals surface area contributed by atoms with Gasteiger partial charge in [-0.3, -0.25) is 19.8 Å². The number of amides is 4. The number of benzene rings is 3. The second-order valence-corrected chi connectivity index (χ2v) is 16.5. The molecule has 1 atom stereocenters. The summed E-state index contributed by atoms with van der Waals surface area (Å²) in [4.78, 5) is 44.6. The lowest BCUT2D eigenvalue weighted by atomic mass is 9.89. The third-order valence-corrected chi connectivity index (χ3v) is 11.1. The zero-order chi connectivity index (χ0) is 40.6. The minimum Gasteiger partial charge on any atom is -0.374 e. The minimum atomic E-state index is -0.462. The summed E-state index contributed by atoms with van der Waals surface area (Å²) in [6, 6.07) is 19.5. The summed E-state index contributed by atoms with van der Waals surface area (Å²) in [6.45, 7) is 9.19. The van der Waals surface area contributed by atoms with Crippen LogP contribution in [-0.4, -0.2) is 86.2 Å². The molecule has 3 aliphatic rings. The number of urea groups is 1. The van der Waals surface area contributed by atoms with E-state index in [-0.39, 0.29) is 41.9 Å². The third-order valence-electron chi connectivity index (χ3n) is 11.1. The van der Waals surface area contributed by atoms with E-state index in [1.54, 1.807) is 27.6 Å². The number of carbonyl (C=O) groups excluding carboxylic acids is 3. The number of hydrogen-bond acceptors (Lipinski definition) is 8. The molecule has 3 fully saturated rings. The van der Waals surface area contributed by atoms with Crippen molar-refractivity contribution in [1.29, 1.82) is 0 Å². The van der Waals surface area contributed by atoms with Crippen molar-refractivity contribution in [3.05, 3.63) is 108 Å². The normalized spacial score (nSPS) is 18.3. The molecule has 8 rings (SSSR count). The number of piperidine rings is 2. The van der Waals surface area contributed by atoms with Gasteiger partial charge in [0.25, 0.3) is 0 Å². The first-order chi connectivity index (χ1) is 27.8. The standard InChI is InChI=1S/C44H48F2N8O4/c1-44(2,3)58-35-24-53(25-35)43(57)47-21-31-6-5-30(19-36(31)45)41-39-20-33(23-54(39)49-26-48-41)29-4-7-32(37(46)18-29)22-52-16-14-28(15-17-52)27-8-10-34(11-9-27)50-38-12-13-40(55)51-42(38)56/h4-11,18-20,23,26,28,35,38,50H,12-17,21-22,24-25H2,1-3H3,(H,47,57)(H,51,55,56)/t38-/m0/s1. The van der Waals surface area contributed by atoms with E-state index < -0.39 is 11.9 Å². The highest BCUT2D eigenvalue weighted by Crippen LogP contribution is 2.33. The molecule has 58 heavy (non-hydrogen) atoms. The van der Waals surface area contributed by atoms with Crippen molar-refractivity contribution in [3.8, 4) is 22.4 Å². The topological polar surface area (TPSA) is 133 Å². The Bertz CT molecular complexity index is 2330. The smallest absolute Gasteiger partial charge is 0.317 e. The Hall–Kier alpha value is -5.73. The Morgan fingerprint density at radius 3 is 2.31 bits per heavy atom. The van der Waals surface area contributed by atoms with E-state index in [1.165, 1.54) is 18.0 Å². The van der Waals surface area contributed by atoms with Crippen molar-refractivity contribution in [2.75, 3.05) is 31.5 Å². The van der Waals surface area contributed by atoms with E-state index in [1.807, 2.05) is 57.3 Å². The van der Waals surface area contributed by atoms with Gasteiger partial charge in [0, 0.05) is 53.6 Å². The molecular formula is C44H48F2N8O4. The van der Waals surface area contributed by atoms with E-state index in [2.05, 4.69) is 43.1 Å². The number of hydrogen-bond donors (Lipinski definition) is 3. The van der Waals surface area contributed by atoms with Gasteiger partial charge in [0.1, 0.15) is 24.0 Å². The number of anilines is 1. The van der Waals surface area contributed by atoms with Crippen LogP contribution in [0.4, 0.5) is 19.3 Å². The predicted octanol–water partition coefficient (Wildman–Crippen LogP) is 6.65. The summed E-state index contributed by atoms with van der Waals surface area (Å²) in [5, 5.41) is 12.8. The number of nitrogens with zero attached hydrogens (tertiary/aromatic N) is 5. The first-order valence-electron chi connectivity index (χ1n) is 19.9. The molecule has 14 heteroatoms. The minimum absolute atomic E-state index is 0.00221. The number of fused-ring (bicyclic) bond motifs is 1. The van der Waals surface area contributed by atoms with Gasteiger partial charge in [0.2, 0.25) is 11.8 Å². The molecule has 5 heterocycles. The zero-order valence-corrected chi connectivity index (χ0v) is 32.9. The first kappa shape index (κ1) is 39.1. The summed E-state index contributed by atoms with van der Waals surface area (Å²) < 4.78 is 38.5. The van der Waals surface area contributed by atoms with Gasteiger partial charge < -0.3 is 20.3 Å². The maximum Gasteiger partial charge on any atom is 0.317 e. The molecule has 0 radical (unpaired) electrons. The van der Waals surface area contributed by atoms with E-state index in [4.69, 9.17) is 4.74 Å². The Morgan fingerprint density at radius 1 is 0.897 bits per heavy atom. The molecule has 2 aromatic heterocycles. The first-order valence-corrected chi connectivity index (χ1v) is 19.9. The predicted molar refractivity (Wildman–Crippen MR) is 216 cm³/mol. The summed E-state index contributed by atoms with van der Waals surface area (Å²) in [5.74, 6) is -0.868. The Balaban J connectivity index is 0.855. The SMILES string of the molecule is CC(C)(C)OC1CN(C(=O)NCc2ccc(-c3ncnn4cc(-c5ccc(CN6CCC(c7ccc(N[C@H]8CCC(=O)NC8=O)cc7)CC6)c(F)c5)cc34)cc2F)C1. The molecule has 302 valence electrons. The Kier molecular flexibility index (Phi) is 11.0. The number of likely N-dealkylation sites (tertiary alicyclic amines) is 2. The average Bonchev–Trinajstić information content (AvgIpc) is 3.63. The molecule has 0 spiro atoms. The molecule has 4 amide bonds. The van der Waals surface area contributed by atoms with Gasteiger partial charge in [0.15, 0.2) is 0 Å². The van der Waals surface area contributed by atoms with Gasteiger partial charge in [-0.05, 0) is 100 Å². The van der Waals surface area contributed by atoms with Gasteiger partial charge in [0.05, 0.1) is 36.0 Å². The van der Waals surface area contributed by atoms with Crippen molar-refractivity contribution in [2.45, 2.75) is 83.2 Å². The average molecular weight is 791 g/mol. The summed E-state index contributed by atoms with van der Waals surface area (Å²) in [6.07, 6.45) is 5.94. The third kappa shape index (κ3) is 8.87. The van der Waals surface area contributed by atoms with Gasteiger partial charge >= 0.3 is 6.03 Å². The van der Waals surface area contributed by atoms with Crippen molar-refractivity contribution >= 4 is 29.0 Å². The fourth-order valence-electron chi connectivity index (χ4n) is 8.01. The summed E-state index contributed by atoms with van der Waals surface area (Å²) >= 11 is 0. The lowest BCUT2D eigenvalue weighted by Gasteiger charge is -2.41. The molecule has 12 nitrogen and oxygen atoms in total. The zero-order valence-electron chi connectivity index (χ0n) is 32.9. The van der Waals surface area contributed by atoms with Crippen LogP contribution in [0, 0.1) is 11.6 Å². The van der Waals surface area contributed by atoms with Crippen molar-refractivity contribution in [1.82, 2.24) is 35.0 Å². The molecule has 3 aromatic carbocycles. The van der Waals surface area contributed by atoms with Crippen molar-refractivity contribution in [3.63, 3.8) is 0 Å². The van der Waals surface area contributed by atoms with Gasteiger partial charge in [-0.15, -0.1) is 0 Å². The fourth-order valence-corrected chi connectivity index (χ4v) is 8.01. The van der Waals surface area contributed by atoms with Gasteiger partial charge in [-0.1, -0.05) is 36.4 Å². The lowest BCUT2D eigenvalue weighted by molar-refractivity contribution is -0.133. The number of aromatic nitrogens is 3. The summed E-state index contributed by atoms with van der Waals surface area (Å²) in [5.41, 5.74) is 5.98. The number of imide groups is 1. The van der Waals surface area contributed by atoms with Crippen LogP contribution in [0.25, 0.3) is 27.9 Å². The molecule has 5 aromatic rings. The number of carbonyl (C=O) groups is 3. The van der Waals surface area contributed by atoms with E-state index in [0.29, 0.717) is 71.9 Å². The van der Waals surface area contributed by atoms with Crippen LogP contribution in [0.1, 0.15) is 69.1 Å². The highest BCUT2D eigenvalue weighted by Gasteiger charge is 2.34. The second kappa shape index (κ2) is 16.3. The van der Waals surface area contributed by atoms with Crippen molar-refractivity contribution in [2.24, 2.45) is 0 Å². The van der Waals surface area contributed by atoms with Crippen LogP contribution in [0.2, 0.25) is 0 Å². The van der Waals surface area contributed by atoms with Crippen LogP contribution in [-0.2, 0) is 27.4 Å². The maximum absolute atomic E-state index is 15.6. The molecule has 0 aliphatic carbocycles. The maximum atomic E-state index is 15.6. The van der Waals surface area contributed by atoms with Crippen LogP contribution >= 0.6 is 0 Å². The lowest BCUT2D eigenvalue weighted by Crippen LogP contribution is -2.59. The van der Waals surface area contributed by atoms with Gasteiger partial charge in [-0.2, -0.15) is 5.10 Å². The molecule has 0 unspecified atom stereocenters.